The zero-order chi connectivity index (χ0) is 14.8. The molecule has 1 N–H and O–H groups in total. The van der Waals surface area contributed by atoms with Gasteiger partial charge >= 0.3 is 0 Å². The summed E-state index contributed by atoms with van der Waals surface area (Å²) in [4.78, 5) is 3.08. The van der Waals surface area contributed by atoms with Crippen LogP contribution < -0.4 is 0 Å². The van der Waals surface area contributed by atoms with Gasteiger partial charge in [-0.15, -0.1) is 11.3 Å². The van der Waals surface area contributed by atoms with Crippen LogP contribution in [0.2, 0.25) is 0 Å². The van der Waals surface area contributed by atoms with E-state index in [9.17, 15) is 8.42 Å². The van der Waals surface area contributed by atoms with Crippen LogP contribution >= 0.6 is 11.3 Å². The van der Waals surface area contributed by atoms with E-state index in [1.165, 1.54) is 15.6 Å². The maximum absolute atomic E-state index is 12.6. The van der Waals surface area contributed by atoms with Crippen LogP contribution in [0.1, 0.15) is 17.7 Å². The Morgan fingerprint density at radius 3 is 2.90 bits per heavy atom. The Morgan fingerprint density at radius 2 is 2.25 bits per heavy atom. The molecular weight excluding hydrogens is 296 g/mol. The summed E-state index contributed by atoms with van der Waals surface area (Å²) >= 11 is 1.25. The van der Waals surface area contributed by atoms with Crippen LogP contribution in [0.4, 0.5) is 0 Å². The van der Waals surface area contributed by atoms with Gasteiger partial charge in [-0.2, -0.15) is 4.31 Å². The highest BCUT2D eigenvalue weighted by atomic mass is 32.2. The lowest BCUT2D eigenvalue weighted by Gasteiger charge is -2.34. The fraction of sp³-hybridized carbons (Fsp3) is 0.692. The Bertz CT molecular complexity index is 542. The molecule has 0 spiro atoms. The largest absolute Gasteiger partial charge is 0.396 e. The number of likely N-dealkylation sites (tertiary alicyclic amines) is 1. The molecule has 1 aromatic rings. The minimum absolute atomic E-state index is 0.0436. The molecular formula is C13H22N2O3S2. The minimum atomic E-state index is -3.42. The van der Waals surface area contributed by atoms with Crippen LogP contribution in [0.5, 0.6) is 0 Å². The summed E-state index contributed by atoms with van der Waals surface area (Å²) < 4.78 is 27.1. The molecule has 5 nitrogen and oxygen atoms in total. The fourth-order valence-electron chi connectivity index (χ4n) is 2.52. The number of hydrogen-bond acceptors (Lipinski definition) is 5. The first-order valence-corrected chi connectivity index (χ1v) is 9.07. The van der Waals surface area contributed by atoms with Crippen molar-refractivity contribution in [2.45, 2.75) is 29.5 Å². The molecule has 1 aliphatic heterocycles. The van der Waals surface area contributed by atoms with E-state index in [4.69, 9.17) is 5.11 Å². The first-order chi connectivity index (χ1) is 9.45. The molecule has 1 atom stereocenters. The van der Waals surface area contributed by atoms with Crippen LogP contribution in [0, 0.1) is 0 Å². The van der Waals surface area contributed by atoms with Crippen LogP contribution in [-0.4, -0.2) is 62.6 Å². The predicted octanol–water partition coefficient (Wildman–Crippen LogP) is 0.998. The third-order valence-corrected chi connectivity index (χ3v) is 7.26. The number of sulfonamides is 1. The smallest absolute Gasteiger partial charge is 0.252 e. The Labute approximate surface area is 124 Å². The Kier molecular flexibility index (Phi) is 5.19. The monoisotopic (exact) mass is 318 g/mol. The van der Waals surface area contributed by atoms with E-state index in [2.05, 4.69) is 4.90 Å². The van der Waals surface area contributed by atoms with Crippen molar-refractivity contribution in [1.29, 1.82) is 0 Å². The SMILES string of the molecule is CN1CCCC(N(C)S(=O)(=O)c2ccc(CCO)s2)C1. The molecule has 7 heteroatoms. The summed E-state index contributed by atoms with van der Waals surface area (Å²) in [6.45, 7) is 1.86. The van der Waals surface area contributed by atoms with Gasteiger partial charge in [0, 0.05) is 37.5 Å². The van der Waals surface area contributed by atoms with Crippen LogP contribution in [0.25, 0.3) is 0 Å². The van der Waals surface area contributed by atoms with Gasteiger partial charge in [0.15, 0.2) is 0 Å². The van der Waals surface area contributed by atoms with Gasteiger partial charge < -0.3 is 10.0 Å². The molecule has 0 radical (unpaired) electrons. The van der Waals surface area contributed by atoms with Gasteiger partial charge in [0.05, 0.1) is 0 Å². The molecule has 1 unspecified atom stereocenters. The molecule has 0 amide bonds. The average molecular weight is 318 g/mol. The highest BCUT2D eigenvalue weighted by molar-refractivity contribution is 7.91. The molecule has 1 aliphatic rings. The summed E-state index contributed by atoms with van der Waals surface area (Å²) in [7, 11) is 0.280. The predicted molar refractivity (Wildman–Crippen MR) is 80.6 cm³/mol. The second kappa shape index (κ2) is 6.53. The topological polar surface area (TPSA) is 60.9 Å². The number of hydrogen-bond donors (Lipinski definition) is 1. The van der Waals surface area contributed by atoms with E-state index in [1.54, 1.807) is 19.2 Å². The molecule has 114 valence electrons. The van der Waals surface area contributed by atoms with Crippen molar-refractivity contribution in [3.05, 3.63) is 17.0 Å². The Hall–Kier alpha value is -0.470. The van der Waals surface area contributed by atoms with Crippen molar-refractivity contribution < 1.29 is 13.5 Å². The van der Waals surface area contributed by atoms with E-state index in [0.717, 1.165) is 30.8 Å². The Balaban J connectivity index is 2.15. The van der Waals surface area contributed by atoms with Crippen molar-refractivity contribution in [2.24, 2.45) is 0 Å². The van der Waals surface area contributed by atoms with Gasteiger partial charge in [-0.25, -0.2) is 8.42 Å². The number of likely N-dealkylation sites (N-methyl/N-ethyl adjacent to an activating group) is 2. The molecule has 0 saturated carbocycles. The molecule has 0 aromatic carbocycles. The molecule has 2 heterocycles. The van der Waals surface area contributed by atoms with Gasteiger partial charge in [-0.1, -0.05) is 0 Å². The minimum Gasteiger partial charge on any atom is -0.396 e. The summed E-state index contributed by atoms with van der Waals surface area (Å²) in [5.74, 6) is 0. The number of nitrogens with zero attached hydrogens (tertiary/aromatic N) is 2. The summed E-state index contributed by atoms with van der Waals surface area (Å²) in [5.41, 5.74) is 0. The van der Waals surface area contributed by atoms with Crippen molar-refractivity contribution >= 4 is 21.4 Å². The number of aliphatic hydroxyl groups is 1. The maximum Gasteiger partial charge on any atom is 0.252 e. The number of rotatable bonds is 5. The fourth-order valence-corrected chi connectivity index (χ4v) is 5.42. The Morgan fingerprint density at radius 1 is 1.50 bits per heavy atom. The lowest BCUT2D eigenvalue weighted by Crippen LogP contribution is -2.47. The van der Waals surface area contributed by atoms with Gasteiger partial charge in [-0.05, 0) is 38.6 Å². The first-order valence-electron chi connectivity index (χ1n) is 6.81. The number of aliphatic hydroxyl groups excluding tert-OH is 1. The van der Waals surface area contributed by atoms with Gasteiger partial charge in [0.2, 0.25) is 0 Å². The third-order valence-electron chi connectivity index (χ3n) is 3.74. The maximum atomic E-state index is 12.6. The molecule has 20 heavy (non-hydrogen) atoms. The third kappa shape index (κ3) is 3.40. The van der Waals surface area contributed by atoms with Crippen LogP contribution in [0.15, 0.2) is 16.3 Å². The van der Waals surface area contributed by atoms with Crippen molar-refractivity contribution in [3.8, 4) is 0 Å². The van der Waals surface area contributed by atoms with Crippen molar-refractivity contribution in [2.75, 3.05) is 33.8 Å². The molecule has 2 rings (SSSR count). The average Bonchev–Trinajstić information content (AvgIpc) is 2.87. The summed E-state index contributed by atoms with van der Waals surface area (Å²) in [6, 6.07) is 3.48. The normalized spacial score (nSPS) is 21.5. The molecule has 1 aromatic heterocycles. The van der Waals surface area contributed by atoms with Gasteiger partial charge in [-0.3, -0.25) is 0 Å². The summed E-state index contributed by atoms with van der Waals surface area (Å²) in [6.07, 6.45) is 2.45. The van der Waals surface area contributed by atoms with Crippen LogP contribution in [0.3, 0.4) is 0 Å². The molecule has 0 aliphatic carbocycles. The lowest BCUT2D eigenvalue weighted by atomic mass is 10.1. The summed E-state index contributed by atoms with van der Waals surface area (Å²) in [5, 5.41) is 8.92. The quantitative estimate of drug-likeness (QED) is 0.880. The second-order valence-electron chi connectivity index (χ2n) is 5.27. The number of thiophene rings is 1. The van der Waals surface area contributed by atoms with Gasteiger partial charge in [0.1, 0.15) is 4.21 Å². The van der Waals surface area contributed by atoms with Gasteiger partial charge in [0.25, 0.3) is 10.0 Å². The van der Waals surface area contributed by atoms with Crippen LogP contribution in [-0.2, 0) is 16.4 Å². The number of piperidine rings is 1. The van der Waals surface area contributed by atoms with E-state index in [1.807, 2.05) is 7.05 Å². The standard InChI is InChI=1S/C13H22N2O3S2/c1-14-8-3-4-11(10-14)15(2)20(17,18)13-6-5-12(19-13)7-9-16/h5-6,11,16H,3-4,7-10H2,1-2H3. The van der Waals surface area contributed by atoms with E-state index in [-0.39, 0.29) is 12.6 Å². The van der Waals surface area contributed by atoms with E-state index >= 15 is 0 Å². The zero-order valence-electron chi connectivity index (χ0n) is 11.9. The first kappa shape index (κ1) is 15.9. The highest BCUT2D eigenvalue weighted by Crippen LogP contribution is 2.27. The highest BCUT2D eigenvalue weighted by Gasteiger charge is 2.31. The van der Waals surface area contributed by atoms with E-state index < -0.39 is 10.0 Å². The van der Waals surface area contributed by atoms with Crippen molar-refractivity contribution in [3.63, 3.8) is 0 Å². The molecule has 1 fully saturated rings. The molecule has 1 saturated heterocycles. The molecule has 0 bridgehead atoms. The van der Waals surface area contributed by atoms with E-state index in [0.29, 0.717) is 10.6 Å². The zero-order valence-corrected chi connectivity index (χ0v) is 13.6. The second-order valence-corrected chi connectivity index (χ2v) is 8.67. The lowest BCUT2D eigenvalue weighted by molar-refractivity contribution is 0.188. The van der Waals surface area contributed by atoms with Crippen molar-refractivity contribution in [1.82, 2.24) is 9.21 Å².